The minimum Gasteiger partial charge on any atom is -0.494 e. The van der Waals surface area contributed by atoms with Gasteiger partial charge in [0, 0.05) is 44.0 Å². The van der Waals surface area contributed by atoms with Crippen LogP contribution in [-0.4, -0.2) is 49.5 Å². The molecule has 166 valence electrons. The van der Waals surface area contributed by atoms with Gasteiger partial charge in [-0.3, -0.25) is 9.59 Å². The molecule has 0 aromatic heterocycles. The Labute approximate surface area is 185 Å². The van der Waals surface area contributed by atoms with Gasteiger partial charge >= 0.3 is 0 Å². The third kappa shape index (κ3) is 6.23. The summed E-state index contributed by atoms with van der Waals surface area (Å²) in [5.74, 6) is 0.743. The molecule has 1 saturated heterocycles. The molecule has 1 aliphatic heterocycles. The number of hydrogen-bond donors (Lipinski definition) is 1. The van der Waals surface area contributed by atoms with Crippen molar-refractivity contribution in [3.63, 3.8) is 0 Å². The Hall–Kier alpha value is -3.02. The van der Waals surface area contributed by atoms with Crippen LogP contribution in [0.2, 0.25) is 0 Å². The van der Waals surface area contributed by atoms with Crippen LogP contribution >= 0.6 is 0 Å². The van der Waals surface area contributed by atoms with Crippen molar-refractivity contribution < 1.29 is 14.3 Å². The minimum atomic E-state index is -0.144. The molecule has 1 unspecified atom stereocenters. The number of nitrogens with one attached hydrogen (secondary N) is 1. The topological polar surface area (TPSA) is 61.9 Å². The van der Waals surface area contributed by atoms with E-state index in [9.17, 15) is 9.59 Å². The van der Waals surface area contributed by atoms with Gasteiger partial charge in [-0.05, 0) is 61.4 Å². The summed E-state index contributed by atoms with van der Waals surface area (Å²) in [6, 6.07) is 15.4. The van der Waals surface area contributed by atoms with E-state index in [2.05, 4.69) is 17.1 Å². The molecule has 0 radical (unpaired) electrons. The highest BCUT2D eigenvalue weighted by atomic mass is 16.5. The Morgan fingerprint density at radius 2 is 1.81 bits per heavy atom. The van der Waals surface area contributed by atoms with Crippen LogP contribution in [0.4, 0.5) is 11.4 Å². The average molecular weight is 424 g/mol. The van der Waals surface area contributed by atoms with Crippen molar-refractivity contribution in [2.45, 2.75) is 45.6 Å². The molecule has 6 nitrogen and oxygen atoms in total. The van der Waals surface area contributed by atoms with E-state index in [1.54, 1.807) is 19.1 Å². The van der Waals surface area contributed by atoms with Gasteiger partial charge < -0.3 is 19.9 Å². The summed E-state index contributed by atoms with van der Waals surface area (Å²) >= 11 is 0. The Bertz CT molecular complexity index is 865. The van der Waals surface area contributed by atoms with Crippen molar-refractivity contribution in [1.82, 2.24) is 4.90 Å². The summed E-state index contributed by atoms with van der Waals surface area (Å²) in [6.45, 7) is 6.22. The standard InChI is InChI=1S/C25H33N3O3/c1-4-5-6-17-31-24-13-7-20(8-14-24)25(30)26-21-9-11-22(12-10-21)28-16-15-23(18-28)27(3)19(2)29/h7-14,23H,4-6,15-18H2,1-3H3,(H,26,30). The third-order valence-corrected chi connectivity index (χ3v) is 5.83. The van der Waals surface area contributed by atoms with E-state index in [4.69, 9.17) is 4.74 Å². The van der Waals surface area contributed by atoms with Crippen LogP contribution in [0.5, 0.6) is 5.75 Å². The number of ether oxygens (including phenoxy) is 1. The van der Waals surface area contributed by atoms with Crippen molar-refractivity contribution >= 4 is 23.2 Å². The average Bonchev–Trinajstić information content (AvgIpc) is 3.27. The normalized spacial score (nSPS) is 15.6. The van der Waals surface area contributed by atoms with Crippen molar-refractivity contribution in [2.24, 2.45) is 0 Å². The first-order chi connectivity index (χ1) is 15.0. The number of unbranched alkanes of at least 4 members (excludes halogenated alkanes) is 2. The van der Waals surface area contributed by atoms with Gasteiger partial charge in [-0.25, -0.2) is 0 Å². The van der Waals surface area contributed by atoms with Gasteiger partial charge in [-0.1, -0.05) is 19.8 Å². The molecule has 6 heteroatoms. The SMILES string of the molecule is CCCCCOc1ccc(C(=O)Nc2ccc(N3CCC(N(C)C(C)=O)C3)cc2)cc1. The van der Waals surface area contributed by atoms with Crippen LogP contribution in [0, 0.1) is 0 Å². The fourth-order valence-corrected chi connectivity index (χ4v) is 3.75. The molecule has 31 heavy (non-hydrogen) atoms. The first-order valence-corrected chi connectivity index (χ1v) is 11.1. The summed E-state index contributed by atoms with van der Waals surface area (Å²) in [5, 5.41) is 2.95. The zero-order valence-electron chi connectivity index (χ0n) is 18.8. The van der Waals surface area contributed by atoms with Crippen molar-refractivity contribution in [2.75, 3.05) is 37.0 Å². The zero-order valence-corrected chi connectivity index (χ0v) is 18.8. The molecule has 2 amide bonds. The van der Waals surface area contributed by atoms with Crippen LogP contribution in [0.25, 0.3) is 0 Å². The molecular weight excluding hydrogens is 390 g/mol. The Balaban J connectivity index is 1.51. The number of hydrogen-bond acceptors (Lipinski definition) is 4. The van der Waals surface area contributed by atoms with Gasteiger partial charge in [-0.2, -0.15) is 0 Å². The van der Waals surface area contributed by atoms with Crippen molar-refractivity contribution in [3.8, 4) is 5.75 Å². The molecule has 0 spiro atoms. The van der Waals surface area contributed by atoms with E-state index in [1.807, 2.05) is 48.3 Å². The van der Waals surface area contributed by atoms with E-state index >= 15 is 0 Å². The molecule has 1 aliphatic rings. The van der Waals surface area contributed by atoms with E-state index in [0.717, 1.165) is 49.5 Å². The van der Waals surface area contributed by atoms with Gasteiger partial charge in [-0.15, -0.1) is 0 Å². The van der Waals surface area contributed by atoms with Crippen LogP contribution in [-0.2, 0) is 4.79 Å². The Morgan fingerprint density at radius 1 is 1.10 bits per heavy atom. The Morgan fingerprint density at radius 3 is 2.45 bits per heavy atom. The van der Waals surface area contributed by atoms with Crippen LogP contribution in [0.3, 0.4) is 0 Å². The highest BCUT2D eigenvalue weighted by molar-refractivity contribution is 6.04. The summed E-state index contributed by atoms with van der Waals surface area (Å²) < 4.78 is 5.70. The van der Waals surface area contributed by atoms with Crippen molar-refractivity contribution in [1.29, 1.82) is 0 Å². The van der Waals surface area contributed by atoms with E-state index < -0.39 is 0 Å². The van der Waals surface area contributed by atoms with Gasteiger partial charge in [0.05, 0.1) is 12.6 Å². The highest BCUT2D eigenvalue weighted by Crippen LogP contribution is 2.24. The lowest BCUT2D eigenvalue weighted by molar-refractivity contribution is -0.129. The molecule has 1 fully saturated rings. The number of rotatable bonds is 9. The maximum absolute atomic E-state index is 12.5. The number of likely N-dealkylation sites (N-methyl/N-ethyl adjacent to an activating group) is 1. The molecule has 1 heterocycles. The molecular formula is C25H33N3O3. The number of nitrogens with zero attached hydrogens (tertiary/aromatic N) is 2. The first kappa shape index (κ1) is 22.7. The lowest BCUT2D eigenvalue weighted by atomic mass is 10.2. The molecule has 2 aromatic rings. The van der Waals surface area contributed by atoms with Crippen LogP contribution < -0.4 is 15.0 Å². The third-order valence-electron chi connectivity index (χ3n) is 5.83. The maximum Gasteiger partial charge on any atom is 0.255 e. The largest absolute Gasteiger partial charge is 0.494 e. The van der Waals surface area contributed by atoms with Gasteiger partial charge in [0.1, 0.15) is 5.75 Å². The second-order valence-corrected chi connectivity index (χ2v) is 8.10. The fraction of sp³-hybridized carbons (Fsp3) is 0.440. The van der Waals surface area contributed by atoms with E-state index in [0.29, 0.717) is 12.2 Å². The number of carbonyl (C=O) groups excluding carboxylic acids is 2. The molecule has 0 saturated carbocycles. The number of amides is 2. The predicted octanol–water partition coefficient (Wildman–Crippen LogP) is 4.56. The molecule has 1 N–H and O–H groups in total. The fourth-order valence-electron chi connectivity index (χ4n) is 3.75. The first-order valence-electron chi connectivity index (χ1n) is 11.1. The maximum atomic E-state index is 12.5. The Kier molecular flexibility index (Phi) is 7.93. The monoisotopic (exact) mass is 423 g/mol. The lowest BCUT2D eigenvalue weighted by Gasteiger charge is -2.24. The summed E-state index contributed by atoms with van der Waals surface area (Å²) in [4.78, 5) is 28.2. The van der Waals surface area contributed by atoms with E-state index in [1.165, 1.54) is 6.42 Å². The number of benzene rings is 2. The highest BCUT2D eigenvalue weighted by Gasteiger charge is 2.27. The van der Waals surface area contributed by atoms with Gasteiger partial charge in [0.25, 0.3) is 5.91 Å². The molecule has 0 bridgehead atoms. The molecule has 3 rings (SSSR count). The quantitative estimate of drug-likeness (QED) is 0.601. The minimum absolute atomic E-state index is 0.0981. The smallest absolute Gasteiger partial charge is 0.255 e. The van der Waals surface area contributed by atoms with Crippen LogP contribution in [0.15, 0.2) is 48.5 Å². The number of anilines is 2. The van der Waals surface area contributed by atoms with Gasteiger partial charge in [0.2, 0.25) is 5.91 Å². The second-order valence-electron chi connectivity index (χ2n) is 8.10. The summed E-state index contributed by atoms with van der Waals surface area (Å²) in [5.41, 5.74) is 2.45. The molecule has 1 atom stereocenters. The van der Waals surface area contributed by atoms with E-state index in [-0.39, 0.29) is 17.9 Å². The number of carbonyl (C=O) groups is 2. The lowest BCUT2D eigenvalue weighted by Crippen LogP contribution is -2.37. The van der Waals surface area contributed by atoms with Crippen molar-refractivity contribution in [3.05, 3.63) is 54.1 Å². The molecule has 0 aliphatic carbocycles. The zero-order chi connectivity index (χ0) is 22.2. The summed E-state index contributed by atoms with van der Waals surface area (Å²) in [6.07, 6.45) is 4.33. The van der Waals surface area contributed by atoms with Gasteiger partial charge in [0.15, 0.2) is 0 Å². The second kappa shape index (κ2) is 10.8. The molecule has 2 aromatic carbocycles. The van der Waals surface area contributed by atoms with Crippen LogP contribution in [0.1, 0.15) is 49.9 Å². The predicted molar refractivity (Wildman–Crippen MR) is 125 cm³/mol. The summed E-state index contributed by atoms with van der Waals surface area (Å²) in [7, 11) is 1.86.